The fraction of sp³-hybridized carbons (Fsp3) is 0.391. The number of hydrogen-bond donors (Lipinski definition) is 2. The number of amides is 1. The van der Waals surface area contributed by atoms with Crippen LogP contribution in [-0.4, -0.2) is 39.9 Å². The largest absolute Gasteiger partial charge is 0.383 e. The first-order valence-electron chi connectivity index (χ1n) is 10.3. The highest BCUT2D eigenvalue weighted by molar-refractivity contribution is 5.95. The molecule has 0 spiro atoms. The molecule has 1 aliphatic heterocycles. The minimum atomic E-state index is 0.110. The van der Waals surface area contributed by atoms with Gasteiger partial charge in [0.2, 0.25) is 0 Å². The molecule has 1 unspecified atom stereocenters. The van der Waals surface area contributed by atoms with Gasteiger partial charge in [-0.25, -0.2) is 0 Å². The van der Waals surface area contributed by atoms with Crippen LogP contribution in [0.5, 0.6) is 0 Å². The molecule has 0 bridgehead atoms. The molecular weight excluding hydrogens is 348 g/mol. The Bertz CT molecular complexity index is 948. The van der Waals surface area contributed by atoms with Gasteiger partial charge in [0.15, 0.2) is 0 Å². The second kappa shape index (κ2) is 8.46. The fourth-order valence-corrected chi connectivity index (χ4v) is 4.19. The van der Waals surface area contributed by atoms with Crippen LogP contribution < -0.4 is 5.32 Å². The second-order valence-electron chi connectivity index (χ2n) is 7.55. The number of carbonyl (C=O) groups excluding carboxylic acids is 1. The third-order valence-corrected chi connectivity index (χ3v) is 5.74. The van der Waals surface area contributed by atoms with Crippen molar-refractivity contribution in [2.45, 2.75) is 45.1 Å². The number of anilines is 1. The number of carbonyl (C=O) groups is 1. The molecular formula is C23H28N4O. The maximum atomic E-state index is 13.0. The van der Waals surface area contributed by atoms with Crippen LogP contribution in [-0.2, 0) is 6.42 Å². The Hall–Kier alpha value is -2.82. The molecule has 3 aromatic rings. The summed E-state index contributed by atoms with van der Waals surface area (Å²) < 4.78 is 0. The maximum Gasteiger partial charge on any atom is 0.255 e. The van der Waals surface area contributed by atoms with E-state index in [1.54, 1.807) is 12.4 Å². The monoisotopic (exact) mass is 376 g/mol. The number of likely N-dealkylation sites (tertiary alicyclic amines) is 1. The highest BCUT2D eigenvalue weighted by Crippen LogP contribution is 2.23. The van der Waals surface area contributed by atoms with E-state index in [4.69, 9.17) is 0 Å². The standard InChI is InChI=1S/C23H28N4O/c1-2-20-7-5-6-12-27(20)23(28)18-13-19(16-24-14-18)25-11-10-17-15-26-22-9-4-3-8-21(17)22/h3-4,8-9,13-16,20,25-26H,2,5-7,10-12H2,1H3. The number of nitrogens with one attached hydrogen (secondary N) is 2. The van der Waals surface area contributed by atoms with Gasteiger partial charge in [-0.15, -0.1) is 0 Å². The molecule has 3 heterocycles. The molecule has 0 aliphatic carbocycles. The quantitative estimate of drug-likeness (QED) is 0.660. The lowest BCUT2D eigenvalue weighted by Crippen LogP contribution is -2.43. The highest BCUT2D eigenvalue weighted by atomic mass is 16.2. The van der Waals surface area contributed by atoms with Crippen LogP contribution in [0.4, 0.5) is 5.69 Å². The lowest BCUT2D eigenvalue weighted by atomic mass is 9.99. The van der Waals surface area contributed by atoms with Gasteiger partial charge in [-0.1, -0.05) is 25.1 Å². The molecule has 4 rings (SSSR count). The Morgan fingerprint density at radius 2 is 2.18 bits per heavy atom. The smallest absolute Gasteiger partial charge is 0.255 e. The summed E-state index contributed by atoms with van der Waals surface area (Å²) in [6.07, 6.45) is 10.9. The van der Waals surface area contributed by atoms with Crippen molar-refractivity contribution in [3.63, 3.8) is 0 Å². The van der Waals surface area contributed by atoms with Gasteiger partial charge in [-0.2, -0.15) is 0 Å². The lowest BCUT2D eigenvalue weighted by molar-refractivity contribution is 0.0607. The lowest BCUT2D eigenvalue weighted by Gasteiger charge is -2.35. The molecule has 2 aromatic heterocycles. The topological polar surface area (TPSA) is 61.0 Å². The van der Waals surface area contributed by atoms with Crippen LogP contribution in [0.1, 0.15) is 48.5 Å². The molecule has 1 atom stereocenters. The predicted octanol–water partition coefficient (Wildman–Crippen LogP) is 4.62. The first kappa shape index (κ1) is 18.5. The normalized spacial score (nSPS) is 17.0. The van der Waals surface area contributed by atoms with Gasteiger partial charge >= 0.3 is 0 Å². The fourth-order valence-electron chi connectivity index (χ4n) is 4.19. The third-order valence-electron chi connectivity index (χ3n) is 5.74. The van der Waals surface area contributed by atoms with E-state index in [1.165, 1.54) is 22.9 Å². The summed E-state index contributed by atoms with van der Waals surface area (Å²) in [7, 11) is 0. The van der Waals surface area contributed by atoms with Gasteiger partial charge in [0, 0.05) is 48.6 Å². The van der Waals surface area contributed by atoms with E-state index in [0.717, 1.165) is 44.5 Å². The van der Waals surface area contributed by atoms with Gasteiger partial charge in [0.25, 0.3) is 5.91 Å². The van der Waals surface area contributed by atoms with Crippen molar-refractivity contribution in [3.05, 3.63) is 60.0 Å². The number of aromatic amines is 1. The van der Waals surface area contributed by atoms with Crippen molar-refractivity contribution in [3.8, 4) is 0 Å². The molecule has 1 amide bonds. The Labute approximate surface area is 166 Å². The molecule has 5 nitrogen and oxygen atoms in total. The average molecular weight is 377 g/mol. The molecule has 0 radical (unpaired) electrons. The van der Waals surface area contributed by atoms with E-state index < -0.39 is 0 Å². The zero-order chi connectivity index (χ0) is 19.3. The van der Waals surface area contributed by atoms with E-state index in [9.17, 15) is 4.79 Å². The number of fused-ring (bicyclic) bond motifs is 1. The second-order valence-corrected chi connectivity index (χ2v) is 7.55. The zero-order valence-corrected chi connectivity index (χ0v) is 16.4. The minimum absolute atomic E-state index is 0.110. The minimum Gasteiger partial charge on any atom is -0.383 e. The van der Waals surface area contributed by atoms with Crippen LogP contribution in [0.15, 0.2) is 48.9 Å². The average Bonchev–Trinajstić information content (AvgIpc) is 3.16. The first-order valence-corrected chi connectivity index (χ1v) is 10.3. The van der Waals surface area contributed by atoms with Crippen LogP contribution in [0, 0.1) is 0 Å². The Balaban J connectivity index is 1.40. The van der Waals surface area contributed by atoms with Crippen LogP contribution in [0.25, 0.3) is 10.9 Å². The number of pyridine rings is 1. The number of benzene rings is 1. The van der Waals surface area contributed by atoms with Crippen molar-refractivity contribution in [2.24, 2.45) is 0 Å². The number of aromatic nitrogens is 2. The van der Waals surface area contributed by atoms with Crippen molar-refractivity contribution in [2.75, 3.05) is 18.4 Å². The Morgan fingerprint density at radius 1 is 1.29 bits per heavy atom. The molecule has 0 saturated carbocycles. The van der Waals surface area contributed by atoms with Crippen LogP contribution >= 0.6 is 0 Å². The van der Waals surface area contributed by atoms with Crippen LogP contribution in [0.3, 0.4) is 0 Å². The molecule has 1 aliphatic rings. The molecule has 5 heteroatoms. The van der Waals surface area contributed by atoms with Gasteiger partial charge in [0.05, 0.1) is 11.3 Å². The van der Waals surface area contributed by atoms with E-state index in [1.807, 2.05) is 17.0 Å². The summed E-state index contributed by atoms with van der Waals surface area (Å²) in [5, 5.41) is 4.69. The van der Waals surface area contributed by atoms with Crippen molar-refractivity contribution < 1.29 is 4.79 Å². The SMILES string of the molecule is CCC1CCCCN1C(=O)c1cncc(NCCc2c[nH]c3ccccc23)c1. The molecule has 1 saturated heterocycles. The van der Waals surface area contributed by atoms with E-state index in [-0.39, 0.29) is 5.91 Å². The number of rotatable bonds is 6. The Morgan fingerprint density at radius 3 is 3.07 bits per heavy atom. The predicted molar refractivity (Wildman–Crippen MR) is 114 cm³/mol. The molecule has 28 heavy (non-hydrogen) atoms. The summed E-state index contributed by atoms with van der Waals surface area (Å²) >= 11 is 0. The maximum absolute atomic E-state index is 13.0. The molecule has 1 fully saturated rings. The van der Waals surface area contributed by atoms with Gasteiger partial charge in [-0.3, -0.25) is 9.78 Å². The number of nitrogens with zero attached hydrogens (tertiary/aromatic N) is 2. The third kappa shape index (κ3) is 3.88. The van der Waals surface area contributed by atoms with Crippen molar-refractivity contribution >= 4 is 22.5 Å². The van der Waals surface area contributed by atoms with E-state index >= 15 is 0 Å². The van der Waals surface area contributed by atoms with Gasteiger partial charge < -0.3 is 15.2 Å². The van der Waals surface area contributed by atoms with Crippen molar-refractivity contribution in [1.82, 2.24) is 14.9 Å². The number of H-pyrrole nitrogens is 1. The van der Waals surface area contributed by atoms with Gasteiger partial charge in [0.1, 0.15) is 0 Å². The van der Waals surface area contributed by atoms with Crippen LogP contribution in [0.2, 0.25) is 0 Å². The summed E-state index contributed by atoms with van der Waals surface area (Å²) in [6.45, 7) is 3.81. The summed E-state index contributed by atoms with van der Waals surface area (Å²) in [4.78, 5) is 22.6. The number of piperidine rings is 1. The number of hydrogen-bond acceptors (Lipinski definition) is 3. The van der Waals surface area contributed by atoms with E-state index in [2.05, 4.69) is 46.6 Å². The molecule has 2 N–H and O–H groups in total. The molecule has 1 aromatic carbocycles. The molecule has 146 valence electrons. The van der Waals surface area contributed by atoms with Gasteiger partial charge in [-0.05, 0) is 49.8 Å². The Kier molecular flexibility index (Phi) is 5.60. The zero-order valence-electron chi connectivity index (χ0n) is 16.4. The van der Waals surface area contributed by atoms with E-state index in [0.29, 0.717) is 11.6 Å². The first-order chi connectivity index (χ1) is 13.8. The number of para-hydroxylation sites is 1. The van der Waals surface area contributed by atoms with Crippen molar-refractivity contribution in [1.29, 1.82) is 0 Å². The summed E-state index contributed by atoms with van der Waals surface area (Å²) in [6, 6.07) is 10.6. The summed E-state index contributed by atoms with van der Waals surface area (Å²) in [5.41, 5.74) is 4.04. The highest BCUT2D eigenvalue weighted by Gasteiger charge is 2.26. The summed E-state index contributed by atoms with van der Waals surface area (Å²) in [5.74, 6) is 0.110.